The number of hydrogen-bond acceptors (Lipinski definition) is 5. The summed E-state index contributed by atoms with van der Waals surface area (Å²) in [6.45, 7) is 0.777. The number of unbranched alkanes of at least 4 members (excludes halogenated alkanes) is 1. The van der Waals surface area contributed by atoms with E-state index in [1.807, 2.05) is 0 Å². The second kappa shape index (κ2) is 8.41. The normalized spacial score (nSPS) is 15.2. The largest absolute Gasteiger partial charge is 0.330 e. The molecule has 4 N–H and O–H groups in total. The molecular weight excluding hydrogens is 362 g/mol. The van der Waals surface area contributed by atoms with Crippen LogP contribution in [-0.2, 0) is 20.0 Å². The van der Waals surface area contributed by atoms with Gasteiger partial charge >= 0.3 is 0 Å². The first kappa shape index (κ1) is 20.3. The van der Waals surface area contributed by atoms with Crippen molar-refractivity contribution >= 4 is 32.5 Å². The molecule has 1 aliphatic carbocycles. The van der Waals surface area contributed by atoms with Crippen LogP contribution in [0.5, 0.6) is 0 Å². The average Bonchev–Trinajstić information content (AvgIpc) is 3.27. The Bertz CT molecular complexity index is 718. The van der Waals surface area contributed by atoms with E-state index in [2.05, 4.69) is 9.44 Å². The van der Waals surface area contributed by atoms with Crippen molar-refractivity contribution in [3.05, 3.63) is 24.3 Å². The highest BCUT2D eigenvalue weighted by atomic mass is 35.5. The molecule has 1 fully saturated rings. The molecule has 0 saturated heterocycles. The molecule has 0 spiro atoms. The molecule has 0 radical (unpaired) electrons. The summed E-state index contributed by atoms with van der Waals surface area (Å²) in [5, 5.41) is 0. The predicted octanol–water partition coefficient (Wildman–Crippen LogP) is 0.566. The molecule has 0 unspecified atom stereocenters. The zero-order valence-electron chi connectivity index (χ0n) is 12.6. The van der Waals surface area contributed by atoms with E-state index in [0.717, 1.165) is 19.3 Å². The molecule has 0 bridgehead atoms. The molecule has 0 atom stereocenters. The van der Waals surface area contributed by atoms with Gasteiger partial charge < -0.3 is 5.73 Å². The maximum Gasteiger partial charge on any atom is 0.240 e. The van der Waals surface area contributed by atoms with Crippen molar-refractivity contribution < 1.29 is 16.8 Å². The van der Waals surface area contributed by atoms with Gasteiger partial charge in [0.25, 0.3) is 0 Å². The average molecular weight is 384 g/mol. The third-order valence-electron chi connectivity index (χ3n) is 3.25. The van der Waals surface area contributed by atoms with Crippen LogP contribution in [0.25, 0.3) is 0 Å². The van der Waals surface area contributed by atoms with Gasteiger partial charge in [-0.25, -0.2) is 26.3 Å². The van der Waals surface area contributed by atoms with E-state index >= 15 is 0 Å². The highest BCUT2D eigenvalue weighted by Crippen LogP contribution is 2.23. The van der Waals surface area contributed by atoms with Gasteiger partial charge in [-0.1, -0.05) is 6.07 Å². The molecule has 132 valence electrons. The monoisotopic (exact) mass is 383 g/mol. The Morgan fingerprint density at radius 1 is 1.04 bits per heavy atom. The van der Waals surface area contributed by atoms with E-state index in [1.54, 1.807) is 0 Å². The molecule has 0 amide bonds. The van der Waals surface area contributed by atoms with Crippen molar-refractivity contribution in [1.29, 1.82) is 0 Å². The Kier molecular flexibility index (Phi) is 7.43. The van der Waals surface area contributed by atoms with Crippen molar-refractivity contribution in [2.24, 2.45) is 5.73 Å². The molecule has 1 aromatic rings. The van der Waals surface area contributed by atoms with Crippen LogP contribution in [0.1, 0.15) is 25.7 Å². The van der Waals surface area contributed by atoms with Crippen LogP contribution in [0, 0.1) is 0 Å². The summed E-state index contributed by atoms with van der Waals surface area (Å²) in [6.07, 6.45) is 3.00. The van der Waals surface area contributed by atoms with Crippen molar-refractivity contribution in [3.63, 3.8) is 0 Å². The first-order chi connectivity index (χ1) is 10.3. The molecule has 10 heteroatoms. The fraction of sp³-hybridized carbons (Fsp3) is 0.538. The van der Waals surface area contributed by atoms with Gasteiger partial charge in [-0.2, -0.15) is 0 Å². The standard InChI is InChI=1S/C13H21N3O4S2.ClH/c14-8-1-2-9-15-21(17,18)12-4-3-5-13(10-12)22(19,20)16-11-6-7-11;/h3-5,10-11,15-16H,1-2,6-9,14H2;1H. The van der Waals surface area contributed by atoms with Gasteiger partial charge in [0.15, 0.2) is 0 Å². The number of nitrogens with two attached hydrogens (primary N) is 1. The summed E-state index contributed by atoms with van der Waals surface area (Å²) < 4.78 is 53.5. The first-order valence-electron chi connectivity index (χ1n) is 7.17. The quantitative estimate of drug-likeness (QED) is 0.538. The summed E-state index contributed by atoms with van der Waals surface area (Å²) in [5.74, 6) is 0. The molecule has 1 aliphatic rings. The second-order valence-electron chi connectivity index (χ2n) is 5.26. The summed E-state index contributed by atoms with van der Waals surface area (Å²) in [4.78, 5) is -0.0943. The summed E-state index contributed by atoms with van der Waals surface area (Å²) in [6, 6.07) is 5.34. The molecule has 1 saturated carbocycles. The lowest BCUT2D eigenvalue weighted by molar-refractivity contribution is 0.576. The van der Waals surface area contributed by atoms with Gasteiger partial charge in [0.2, 0.25) is 20.0 Å². The Morgan fingerprint density at radius 3 is 2.22 bits per heavy atom. The Hall–Kier alpha value is -0.710. The van der Waals surface area contributed by atoms with E-state index in [9.17, 15) is 16.8 Å². The van der Waals surface area contributed by atoms with Crippen molar-refractivity contribution in [3.8, 4) is 0 Å². The number of sulfonamides is 2. The van der Waals surface area contributed by atoms with Gasteiger partial charge in [0, 0.05) is 12.6 Å². The minimum atomic E-state index is -3.72. The minimum Gasteiger partial charge on any atom is -0.330 e. The number of benzene rings is 1. The molecule has 0 aromatic heterocycles. The predicted molar refractivity (Wildman–Crippen MR) is 90.5 cm³/mol. The molecule has 0 heterocycles. The highest BCUT2D eigenvalue weighted by Gasteiger charge is 2.28. The van der Waals surface area contributed by atoms with Gasteiger partial charge in [-0.05, 0) is 50.4 Å². The maximum absolute atomic E-state index is 12.2. The molecule has 1 aromatic carbocycles. The maximum atomic E-state index is 12.2. The van der Waals surface area contributed by atoms with Crippen LogP contribution < -0.4 is 15.2 Å². The van der Waals surface area contributed by atoms with Crippen LogP contribution >= 0.6 is 12.4 Å². The summed E-state index contributed by atoms with van der Waals surface area (Å²) >= 11 is 0. The lowest BCUT2D eigenvalue weighted by Gasteiger charge is -2.09. The zero-order chi connectivity index (χ0) is 16.2. The summed E-state index contributed by atoms with van der Waals surface area (Å²) in [5.41, 5.74) is 5.35. The van der Waals surface area contributed by atoms with E-state index in [1.165, 1.54) is 24.3 Å². The highest BCUT2D eigenvalue weighted by molar-refractivity contribution is 7.90. The Balaban J connectivity index is 0.00000264. The molecular formula is C13H22ClN3O4S2. The zero-order valence-corrected chi connectivity index (χ0v) is 15.0. The van der Waals surface area contributed by atoms with Gasteiger partial charge in [-0.3, -0.25) is 0 Å². The Labute approximate surface area is 143 Å². The number of nitrogens with one attached hydrogen (secondary N) is 2. The van der Waals surface area contributed by atoms with E-state index in [-0.39, 0.29) is 34.8 Å². The smallest absolute Gasteiger partial charge is 0.240 e. The third-order valence-corrected chi connectivity index (χ3v) is 6.23. The fourth-order valence-electron chi connectivity index (χ4n) is 1.86. The lowest BCUT2D eigenvalue weighted by atomic mass is 10.3. The van der Waals surface area contributed by atoms with Crippen LogP contribution in [0.2, 0.25) is 0 Å². The molecule has 7 nitrogen and oxygen atoms in total. The molecule has 0 aliphatic heterocycles. The van der Waals surface area contributed by atoms with Crippen LogP contribution in [0.4, 0.5) is 0 Å². The topological polar surface area (TPSA) is 118 Å². The van der Waals surface area contributed by atoms with E-state index in [4.69, 9.17) is 5.73 Å². The number of halogens is 1. The minimum absolute atomic E-state index is 0. The number of hydrogen-bond donors (Lipinski definition) is 3. The fourth-order valence-corrected chi connectivity index (χ4v) is 4.40. The Morgan fingerprint density at radius 2 is 1.65 bits per heavy atom. The molecule has 2 rings (SSSR count). The third kappa shape index (κ3) is 6.02. The van der Waals surface area contributed by atoms with Gasteiger partial charge in [-0.15, -0.1) is 12.4 Å². The SMILES string of the molecule is Cl.NCCCCNS(=O)(=O)c1cccc(S(=O)(=O)NC2CC2)c1. The van der Waals surface area contributed by atoms with Gasteiger partial charge in [0.05, 0.1) is 9.79 Å². The molecule has 23 heavy (non-hydrogen) atoms. The van der Waals surface area contributed by atoms with Crippen LogP contribution in [-0.4, -0.2) is 36.0 Å². The van der Waals surface area contributed by atoms with Crippen molar-refractivity contribution in [2.75, 3.05) is 13.1 Å². The lowest BCUT2D eigenvalue weighted by Crippen LogP contribution is -2.27. The van der Waals surface area contributed by atoms with E-state index in [0.29, 0.717) is 13.0 Å². The van der Waals surface area contributed by atoms with Gasteiger partial charge in [0.1, 0.15) is 0 Å². The van der Waals surface area contributed by atoms with Crippen LogP contribution in [0.15, 0.2) is 34.1 Å². The van der Waals surface area contributed by atoms with Crippen molar-refractivity contribution in [2.45, 2.75) is 41.5 Å². The summed E-state index contributed by atoms with van der Waals surface area (Å²) in [7, 11) is -7.39. The number of rotatable bonds is 9. The van der Waals surface area contributed by atoms with E-state index < -0.39 is 20.0 Å². The van der Waals surface area contributed by atoms with Crippen LogP contribution in [0.3, 0.4) is 0 Å². The second-order valence-corrected chi connectivity index (χ2v) is 8.74. The van der Waals surface area contributed by atoms with Crippen molar-refractivity contribution in [1.82, 2.24) is 9.44 Å². The first-order valence-corrected chi connectivity index (χ1v) is 10.1.